The molecule has 0 amide bonds. The highest BCUT2D eigenvalue weighted by atomic mass is 79.9. The van der Waals surface area contributed by atoms with Gasteiger partial charge in [-0.15, -0.1) is 0 Å². The molecule has 1 heterocycles. The summed E-state index contributed by atoms with van der Waals surface area (Å²) >= 11 is 3.39. The average molecular weight is 442 g/mol. The maximum absolute atomic E-state index is 13.1. The minimum atomic E-state index is -0.425. The summed E-state index contributed by atoms with van der Waals surface area (Å²) < 4.78 is 7.30. The molecule has 0 radical (unpaired) electrons. The SMILES string of the molecule is CC(=O)Oc1ccccc1C=Nn1c(C(C)(C)C)nc2ccc(Br)cc2c1=O. The lowest BCUT2D eigenvalue weighted by Gasteiger charge is -2.20. The smallest absolute Gasteiger partial charge is 0.308 e. The third-order valence-electron chi connectivity index (χ3n) is 3.96. The zero-order valence-electron chi connectivity index (χ0n) is 16.1. The minimum Gasteiger partial charge on any atom is -0.426 e. The number of hydrogen-bond acceptors (Lipinski definition) is 5. The first kappa shape index (κ1) is 19.9. The molecule has 28 heavy (non-hydrogen) atoms. The number of carbonyl (C=O) groups excluding carboxylic acids is 1. The fraction of sp³-hybridized carbons (Fsp3) is 0.238. The Labute approximate surface area is 171 Å². The summed E-state index contributed by atoms with van der Waals surface area (Å²) in [6, 6.07) is 12.4. The van der Waals surface area contributed by atoms with Crippen LogP contribution in [0.1, 0.15) is 39.1 Å². The molecule has 0 saturated heterocycles. The van der Waals surface area contributed by atoms with Gasteiger partial charge < -0.3 is 4.74 Å². The van der Waals surface area contributed by atoms with Crippen molar-refractivity contribution in [1.82, 2.24) is 9.66 Å². The summed E-state index contributed by atoms with van der Waals surface area (Å²) in [7, 11) is 0. The van der Waals surface area contributed by atoms with Gasteiger partial charge in [0.2, 0.25) is 0 Å². The van der Waals surface area contributed by atoms with Crippen LogP contribution < -0.4 is 10.3 Å². The number of aromatic nitrogens is 2. The predicted molar refractivity (Wildman–Crippen MR) is 113 cm³/mol. The summed E-state index contributed by atoms with van der Waals surface area (Å²) in [6.45, 7) is 7.25. The maximum atomic E-state index is 13.1. The van der Waals surface area contributed by atoms with E-state index in [0.29, 0.717) is 28.0 Å². The number of fused-ring (bicyclic) bond motifs is 1. The van der Waals surface area contributed by atoms with Crippen molar-refractivity contribution in [3.63, 3.8) is 0 Å². The Kier molecular flexibility index (Phi) is 5.47. The van der Waals surface area contributed by atoms with Crippen molar-refractivity contribution in [3.8, 4) is 5.75 Å². The Bertz CT molecular complexity index is 1140. The van der Waals surface area contributed by atoms with Crippen molar-refractivity contribution in [2.45, 2.75) is 33.1 Å². The van der Waals surface area contributed by atoms with Gasteiger partial charge in [0.05, 0.1) is 17.1 Å². The number of rotatable bonds is 3. The van der Waals surface area contributed by atoms with Crippen molar-refractivity contribution >= 4 is 39.0 Å². The molecular formula is C21H20BrN3O3. The molecule has 3 aromatic rings. The molecule has 0 atom stereocenters. The molecule has 144 valence electrons. The highest BCUT2D eigenvalue weighted by Gasteiger charge is 2.23. The van der Waals surface area contributed by atoms with Gasteiger partial charge in [-0.1, -0.05) is 48.8 Å². The standard InChI is InChI=1S/C21H20BrN3O3/c1-13(26)28-18-8-6-5-7-14(18)12-23-25-19(27)16-11-15(22)9-10-17(16)24-20(25)21(2,3)4/h5-12H,1-4H3. The van der Waals surface area contributed by atoms with Gasteiger partial charge in [-0.25, -0.2) is 4.98 Å². The highest BCUT2D eigenvalue weighted by Crippen LogP contribution is 2.23. The van der Waals surface area contributed by atoms with Gasteiger partial charge in [0.1, 0.15) is 11.6 Å². The first-order valence-electron chi connectivity index (χ1n) is 8.71. The molecule has 6 nitrogen and oxygen atoms in total. The second-order valence-electron chi connectivity index (χ2n) is 7.34. The van der Waals surface area contributed by atoms with Gasteiger partial charge in [0.15, 0.2) is 0 Å². The van der Waals surface area contributed by atoms with Gasteiger partial charge in [-0.3, -0.25) is 9.59 Å². The second-order valence-corrected chi connectivity index (χ2v) is 8.26. The van der Waals surface area contributed by atoms with Crippen LogP contribution in [0, 0.1) is 0 Å². The van der Waals surface area contributed by atoms with E-state index in [-0.39, 0.29) is 5.56 Å². The Balaban J connectivity index is 2.20. The number of ether oxygens (including phenoxy) is 1. The Hall–Kier alpha value is -2.80. The van der Waals surface area contributed by atoms with Gasteiger partial charge in [-0.2, -0.15) is 9.78 Å². The van der Waals surface area contributed by atoms with E-state index in [1.54, 1.807) is 36.4 Å². The van der Waals surface area contributed by atoms with Crippen LogP contribution in [0.5, 0.6) is 5.75 Å². The third kappa shape index (κ3) is 4.20. The number of para-hydroxylation sites is 1. The average Bonchev–Trinajstić information content (AvgIpc) is 2.61. The van der Waals surface area contributed by atoms with E-state index in [0.717, 1.165) is 4.47 Å². The highest BCUT2D eigenvalue weighted by molar-refractivity contribution is 9.10. The second kappa shape index (κ2) is 7.67. The van der Waals surface area contributed by atoms with Crippen molar-refractivity contribution in [2.75, 3.05) is 0 Å². The number of carbonyl (C=O) groups is 1. The molecule has 0 N–H and O–H groups in total. The summed E-state index contributed by atoms with van der Waals surface area (Å²) in [4.78, 5) is 29.1. The summed E-state index contributed by atoms with van der Waals surface area (Å²) in [5.41, 5.74) is 0.522. The molecule has 0 fully saturated rings. The van der Waals surface area contributed by atoms with Crippen LogP contribution in [0.25, 0.3) is 10.9 Å². The van der Waals surface area contributed by atoms with E-state index in [9.17, 15) is 9.59 Å². The fourth-order valence-electron chi connectivity index (χ4n) is 2.70. The van der Waals surface area contributed by atoms with Crippen LogP contribution in [-0.2, 0) is 10.2 Å². The van der Waals surface area contributed by atoms with Crippen LogP contribution in [0.2, 0.25) is 0 Å². The van der Waals surface area contributed by atoms with Crippen LogP contribution in [-0.4, -0.2) is 21.8 Å². The lowest BCUT2D eigenvalue weighted by Crippen LogP contribution is -2.29. The molecule has 0 bridgehead atoms. The zero-order valence-corrected chi connectivity index (χ0v) is 17.6. The fourth-order valence-corrected chi connectivity index (χ4v) is 3.06. The summed E-state index contributed by atoms with van der Waals surface area (Å²) in [5, 5.41) is 4.87. The van der Waals surface area contributed by atoms with Gasteiger partial charge in [0, 0.05) is 22.4 Å². The van der Waals surface area contributed by atoms with Crippen LogP contribution in [0.4, 0.5) is 0 Å². The normalized spacial score (nSPS) is 11.9. The van der Waals surface area contributed by atoms with Gasteiger partial charge in [-0.05, 0) is 30.3 Å². The monoisotopic (exact) mass is 441 g/mol. The summed E-state index contributed by atoms with van der Waals surface area (Å²) in [5.74, 6) is 0.486. The molecule has 0 aliphatic heterocycles. The number of esters is 1. The Morgan fingerprint density at radius 2 is 1.93 bits per heavy atom. The van der Waals surface area contributed by atoms with E-state index in [4.69, 9.17) is 4.74 Å². The van der Waals surface area contributed by atoms with Gasteiger partial charge in [0.25, 0.3) is 5.56 Å². The van der Waals surface area contributed by atoms with Crippen molar-refractivity contribution in [2.24, 2.45) is 5.10 Å². The van der Waals surface area contributed by atoms with E-state index in [2.05, 4.69) is 26.0 Å². The molecule has 2 aromatic carbocycles. The lowest BCUT2D eigenvalue weighted by molar-refractivity contribution is -0.131. The van der Waals surface area contributed by atoms with E-state index in [1.807, 2.05) is 26.8 Å². The van der Waals surface area contributed by atoms with Crippen LogP contribution >= 0.6 is 15.9 Å². The molecule has 7 heteroatoms. The van der Waals surface area contributed by atoms with Crippen molar-refractivity contribution in [1.29, 1.82) is 0 Å². The molecule has 1 aromatic heterocycles. The number of halogens is 1. The maximum Gasteiger partial charge on any atom is 0.308 e. The largest absolute Gasteiger partial charge is 0.426 e. The van der Waals surface area contributed by atoms with Crippen LogP contribution in [0.15, 0.2) is 56.8 Å². The lowest BCUT2D eigenvalue weighted by atomic mass is 9.95. The molecule has 0 unspecified atom stereocenters. The van der Waals surface area contributed by atoms with E-state index < -0.39 is 11.4 Å². The number of hydrogen-bond donors (Lipinski definition) is 0. The van der Waals surface area contributed by atoms with Gasteiger partial charge >= 0.3 is 5.97 Å². The topological polar surface area (TPSA) is 73.5 Å². The molecular weight excluding hydrogens is 422 g/mol. The van der Waals surface area contributed by atoms with E-state index >= 15 is 0 Å². The van der Waals surface area contributed by atoms with Crippen LogP contribution in [0.3, 0.4) is 0 Å². The van der Waals surface area contributed by atoms with E-state index in [1.165, 1.54) is 17.8 Å². The molecule has 0 aliphatic rings. The minimum absolute atomic E-state index is 0.266. The zero-order chi connectivity index (χ0) is 20.5. The predicted octanol–water partition coefficient (Wildman–Crippen LogP) is 4.26. The Morgan fingerprint density at radius 1 is 1.21 bits per heavy atom. The first-order chi connectivity index (χ1) is 13.2. The molecule has 0 spiro atoms. The summed E-state index contributed by atoms with van der Waals surface area (Å²) in [6.07, 6.45) is 1.50. The first-order valence-corrected chi connectivity index (χ1v) is 9.51. The van der Waals surface area contributed by atoms with Crippen molar-refractivity contribution < 1.29 is 9.53 Å². The third-order valence-corrected chi connectivity index (χ3v) is 4.46. The van der Waals surface area contributed by atoms with Crippen molar-refractivity contribution in [3.05, 3.63) is 68.7 Å². The molecule has 0 aliphatic carbocycles. The quantitative estimate of drug-likeness (QED) is 0.345. The molecule has 0 saturated carbocycles. The number of benzene rings is 2. The molecule has 3 rings (SSSR count). The Morgan fingerprint density at radius 3 is 2.61 bits per heavy atom. The number of nitrogens with zero attached hydrogens (tertiary/aromatic N) is 3.